The molecule has 1 heterocycles. The van der Waals surface area contributed by atoms with Crippen molar-refractivity contribution >= 4 is 54.6 Å². The fraction of sp³-hybridized carbons (Fsp3) is 0.160. The summed E-state index contributed by atoms with van der Waals surface area (Å²) in [5, 5.41) is 1.02. The molecule has 0 atom stereocenters. The minimum Gasteiger partial charge on any atom is -0.495 e. The van der Waals surface area contributed by atoms with Gasteiger partial charge < -0.3 is 9.64 Å². The fourth-order valence-electron chi connectivity index (χ4n) is 3.55. The van der Waals surface area contributed by atoms with Crippen molar-refractivity contribution < 1.29 is 17.9 Å². The van der Waals surface area contributed by atoms with E-state index in [1.807, 2.05) is 36.4 Å². The van der Waals surface area contributed by atoms with Gasteiger partial charge in [0.05, 0.1) is 27.6 Å². The highest BCUT2D eigenvalue weighted by molar-refractivity contribution is 7.92. The Kier molecular flexibility index (Phi) is 6.84. The van der Waals surface area contributed by atoms with E-state index in [2.05, 4.69) is 0 Å². The number of nitrogens with zero attached hydrogens (tertiary/aromatic N) is 2. The molecule has 6 nitrogen and oxygen atoms in total. The first-order valence-electron chi connectivity index (χ1n) is 10.4. The first-order valence-corrected chi connectivity index (χ1v) is 13.0. The molecule has 0 fully saturated rings. The molecule has 4 rings (SSSR count). The van der Waals surface area contributed by atoms with Crippen LogP contribution in [-0.2, 0) is 16.6 Å². The molecule has 0 saturated carbocycles. The first-order chi connectivity index (χ1) is 16.2. The van der Waals surface area contributed by atoms with Crippen LogP contribution in [0.1, 0.15) is 15.2 Å². The number of ether oxygens (including phenoxy) is 1. The number of halogens is 1. The van der Waals surface area contributed by atoms with Gasteiger partial charge in [-0.1, -0.05) is 41.9 Å². The van der Waals surface area contributed by atoms with Crippen molar-refractivity contribution in [1.29, 1.82) is 0 Å². The van der Waals surface area contributed by atoms with E-state index in [4.69, 9.17) is 16.3 Å². The van der Waals surface area contributed by atoms with Crippen LogP contribution in [0.3, 0.4) is 0 Å². The number of anilines is 1. The number of carbonyl (C=O) groups excluding carboxylic acids is 1. The summed E-state index contributed by atoms with van der Waals surface area (Å²) in [6.45, 7) is 0.505. The lowest BCUT2D eigenvalue weighted by Crippen LogP contribution is -2.26. The molecule has 1 amide bonds. The third-order valence-electron chi connectivity index (χ3n) is 5.47. The van der Waals surface area contributed by atoms with Crippen molar-refractivity contribution in [2.75, 3.05) is 25.5 Å². The summed E-state index contributed by atoms with van der Waals surface area (Å²) >= 11 is 7.51. The number of fused-ring (bicyclic) bond motifs is 1. The Labute approximate surface area is 208 Å². The first kappa shape index (κ1) is 24.1. The van der Waals surface area contributed by atoms with E-state index < -0.39 is 10.0 Å². The van der Waals surface area contributed by atoms with Crippen molar-refractivity contribution in [3.8, 4) is 5.75 Å². The third-order valence-corrected chi connectivity index (χ3v) is 8.65. The highest BCUT2D eigenvalue weighted by atomic mass is 35.5. The van der Waals surface area contributed by atoms with Gasteiger partial charge in [0.15, 0.2) is 0 Å². The van der Waals surface area contributed by atoms with E-state index >= 15 is 0 Å². The van der Waals surface area contributed by atoms with Gasteiger partial charge in [0.25, 0.3) is 15.9 Å². The minimum atomic E-state index is -3.84. The molecule has 0 bridgehead atoms. The number of hydrogen-bond acceptors (Lipinski definition) is 5. The molecule has 0 unspecified atom stereocenters. The average Bonchev–Trinajstić information content (AvgIpc) is 3.27. The zero-order valence-electron chi connectivity index (χ0n) is 18.9. The Morgan fingerprint density at radius 2 is 1.74 bits per heavy atom. The summed E-state index contributed by atoms with van der Waals surface area (Å²) in [6, 6.07) is 21.3. The molecule has 1 aromatic heterocycles. The number of amides is 1. The Morgan fingerprint density at radius 1 is 1.00 bits per heavy atom. The van der Waals surface area contributed by atoms with Crippen molar-refractivity contribution in [1.82, 2.24) is 4.90 Å². The summed E-state index contributed by atoms with van der Waals surface area (Å²) in [6.07, 6.45) is 0. The van der Waals surface area contributed by atoms with Crippen LogP contribution in [0.15, 0.2) is 77.7 Å². The van der Waals surface area contributed by atoms with E-state index in [0.29, 0.717) is 22.9 Å². The van der Waals surface area contributed by atoms with E-state index in [0.717, 1.165) is 15.6 Å². The van der Waals surface area contributed by atoms with Gasteiger partial charge in [-0.25, -0.2) is 8.42 Å². The zero-order chi connectivity index (χ0) is 24.5. The maximum atomic E-state index is 13.2. The number of hydrogen-bond donors (Lipinski definition) is 0. The Hall–Kier alpha value is -3.07. The molecule has 3 aromatic carbocycles. The average molecular weight is 515 g/mol. The topological polar surface area (TPSA) is 66.9 Å². The van der Waals surface area contributed by atoms with Crippen LogP contribution < -0.4 is 9.04 Å². The van der Waals surface area contributed by atoms with Crippen LogP contribution in [0.25, 0.3) is 10.1 Å². The van der Waals surface area contributed by atoms with Crippen LogP contribution in [0, 0.1) is 0 Å². The lowest BCUT2D eigenvalue weighted by atomic mass is 10.2. The summed E-state index contributed by atoms with van der Waals surface area (Å²) in [5.74, 6) is 0.317. The van der Waals surface area contributed by atoms with Crippen LogP contribution in [0.5, 0.6) is 5.75 Å². The van der Waals surface area contributed by atoms with Crippen molar-refractivity contribution in [2.45, 2.75) is 11.4 Å². The third kappa shape index (κ3) is 4.75. The largest absolute Gasteiger partial charge is 0.495 e. The quantitative estimate of drug-likeness (QED) is 0.319. The molecule has 34 heavy (non-hydrogen) atoms. The summed E-state index contributed by atoms with van der Waals surface area (Å²) in [7, 11) is 0.880. The highest BCUT2D eigenvalue weighted by Crippen LogP contribution is 2.33. The maximum Gasteiger partial charge on any atom is 0.264 e. The molecule has 0 aliphatic rings. The molecule has 0 aliphatic heterocycles. The standard InChI is InChI=1S/C25H23ClN2O4S2/c1-27(16-17-7-5-4-6-8-17)25(29)24-14-18-13-19(9-12-23(18)33-24)28(2)34(30,31)20-10-11-22(32-3)21(26)15-20/h4-15H,16H2,1-3H3. The monoisotopic (exact) mass is 514 g/mol. The molecule has 4 aromatic rings. The molecule has 0 N–H and O–H groups in total. The van der Waals surface area contributed by atoms with Crippen LogP contribution in [0.2, 0.25) is 5.02 Å². The molecule has 9 heteroatoms. The van der Waals surface area contributed by atoms with Gasteiger partial charge in [-0.3, -0.25) is 9.10 Å². The molecular formula is C25H23ClN2O4S2. The summed E-state index contributed by atoms with van der Waals surface area (Å²) < 4.78 is 33.5. The summed E-state index contributed by atoms with van der Waals surface area (Å²) in [5.41, 5.74) is 1.53. The van der Waals surface area contributed by atoms with Crippen LogP contribution >= 0.6 is 22.9 Å². The van der Waals surface area contributed by atoms with Gasteiger partial charge in [0.1, 0.15) is 5.75 Å². The highest BCUT2D eigenvalue weighted by Gasteiger charge is 2.23. The molecular weight excluding hydrogens is 492 g/mol. The fourth-order valence-corrected chi connectivity index (χ4v) is 6.13. The minimum absolute atomic E-state index is 0.0598. The smallest absolute Gasteiger partial charge is 0.264 e. The van der Waals surface area contributed by atoms with Gasteiger partial charge >= 0.3 is 0 Å². The van der Waals surface area contributed by atoms with E-state index in [9.17, 15) is 13.2 Å². The zero-order valence-corrected chi connectivity index (χ0v) is 21.2. The molecule has 0 radical (unpaired) electrons. The second-order valence-electron chi connectivity index (χ2n) is 7.75. The Bertz CT molecular complexity index is 1450. The SMILES string of the molecule is COc1ccc(S(=O)(=O)N(C)c2ccc3sc(C(=O)N(C)Cc4ccccc4)cc3c2)cc1Cl. The lowest BCUT2D eigenvalue weighted by Gasteiger charge is -2.20. The van der Waals surface area contributed by atoms with Crippen LogP contribution in [-0.4, -0.2) is 40.4 Å². The van der Waals surface area contributed by atoms with Crippen LogP contribution in [0.4, 0.5) is 5.69 Å². The van der Waals surface area contributed by atoms with Gasteiger partial charge in [0, 0.05) is 25.3 Å². The predicted octanol–water partition coefficient (Wildman–Crippen LogP) is 5.66. The second kappa shape index (κ2) is 9.66. The lowest BCUT2D eigenvalue weighted by molar-refractivity contribution is 0.0790. The van der Waals surface area contributed by atoms with Crippen molar-refractivity contribution in [3.63, 3.8) is 0 Å². The molecule has 176 valence electrons. The van der Waals surface area contributed by atoms with Gasteiger partial charge in [-0.15, -0.1) is 11.3 Å². The van der Waals surface area contributed by atoms with E-state index in [-0.39, 0.29) is 15.8 Å². The number of benzene rings is 3. The second-order valence-corrected chi connectivity index (χ2v) is 11.2. The Balaban J connectivity index is 1.59. The van der Waals surface area contributed by atoms with Gasteiger partial charge in [0.2, 0.25) is 0 Å². The van der Waals surface area contributed by atoms with E-state index in [1.54, 1.807) is 30.1 Å². The normalized spacial score (nSPS) is 11.4. The molecule has 0 saturated heterocycles. The number of carbonyl (C=O) groups is 1. The predicted molar refractivity (Wildman–Crippen MR) is 138 cm³/mol. The number of rotatable bonds is 7. The van der Waals surface area contributed by atoms with Gasteiger partial charge in [-0.2, -0.15) is 0 Å². The van der Waals surface area contributed by atoms with Crippen molar-refractivity contribution in [3.05, 3.63) is 88.3 Å². The van der Waals surface area contributed by atoms with Crippen molar-refractivity contribution in [2.24, 2.45) is 0 Å². The number of thiophene rings is 1. The number of methoxy groups -OCH3 is 1. The van der Waals surface area contributed by atoms with E-state index in [1.165, 1.54) is 48.0 Å². The summed E-state index contributed by atoms with van der Waals surface area (Å²) in [4.78, 5) is 15.3. The molecule has 0 spiro atoms. The molecule has 0 aliphatic carbocycles. The maximum absolute atomic E-state index is 13.2. The number of sulfonamides is 1. The van der Waals surface area contributed by atoms with Gasteiger partial charge in [-0.05, 0) is 53.4 Å². The Morgan fingerprint density at radius 3 is 2.41 bits per heavy atom.